The zero-order valence-electron chi connectivity index (χ0n) is 46.5. The van der Waals surface area contributed by atoms with Crippen molar-refractivity contribution < 1.29 is 96.8 Å². The summed E-state index contributed by atoms with van der Waals surface area (Å²) in [7, 11) is 12.0. The van der Waals surface area contributed by atoms with E-state index in [-0.39, 0.29) is 116 Å². The van der Waals surface area contributed by atoms with Gasteiger partial charge in [0, 0.05) is 91.3 Å². The van der Waals surface area contributed by atoms with Crippen molar-refractivity contribution in [2.45, 2.75) is 132 Å². The maximum atomic E-state index is 12.1. The molecule has 30 nitrogen and oxygen atoms in total. The molecule has 0 spiro atoms. The Hall–Kier alpha value is -3.66. The largest absolute Gasteiger partial charge is 0.480 e. The summed E-state index contributed by atoms with van der Waals surface area (Å²) in [6.45, 7) is 4.74. The Kier molecular flexibility index (Phi) is 31.5. The van der Waals surface area contributed by atoms with Crippen LogP contribution in [0.1, 0.15) is 71.6 Å². The molecule has 0 aromatic heterocycles. The molecule has 0 radical (unpaired) electrons. The number of aliphatic hydroxyl groups excluding tert-OH is 1. The molecular weight excluding hydrogens is 1370 g/mol. The third kappa shape index (κ3) is 17.9. The zero-order chi connectivity index (χ0) is 59.4. The van der Waals surface area contributed by atoms with E-state index in [1.807, 2.05) is 4.90 Å². The second-order valence-corrected chi connectivity index (χ2v) is 20.2. The number of piperidine rings is 5. The first-order valence-corrected chi connectivity index (χ1v) is 33.4. The van der Waals surface area contributed by atoms with Gasteiger partial charge >= 0.3 is 48.1 Å². The number of carbonyl (C=O) groups excluding carboxylic acids is 7. The van der Waals surface area contributed by atoms with Crippen LogP contribution in [-0.4, -0.2) is 302 Å². The number of esters is 2. The summed E-state index contributed by atoms with van der Waals surface area (Å²) in [4.78, 5) is 119. The molecule has 10 unspecified atom stereocenters. The number of halogens is 3. The number of alkyl halides is 1. The maximum Gasteiger partial charge on any atom is 0.345 e. The number of aliphatic hydroxyl groups is 1. The van der Waals surface area contributed by atoms with Crippen LogP contribution in [0.25, 0.3) is 0 Å². The molecule has 10 atom stereocenters. The molecule has 466 valence electrons. The van der Waals surface area contributed by atoms with Crippen LogP contribution in [0.15, 0.2) is 0 Å². The SMILES string of the molecule is C.COC(=O)CBr.COCC1CCC2CN1C(=O)N2O.COCC1CCC2CN1C(=O)N2OC.COCC1CCC2CN1C(=O)N2OCC(=O)OC.CON1C(=O)N2CC1CCC2C(=O)O.CON1C(=O)N2CC1CCC2CO.II. The number of amides is 10. The number of rotatable bonds is 15. The molecule has 10 bridgehead atoms. The monoisotopic (exact) mass is 1450 g/mol. The van der Waals surface area contributed by atoms with Gasteiger partial charge in [-0.05, 0) is 64.2 Å². The average Bonchev–Trinajstić information content (AvgIpc) is 4.18. The number of hydrogen-bond acceptors (Lipinski definition) is 19. The van der Waals surface area contributed by atoms with Crippen molar-refractivity contribution in [2.75, 3.05) is 128 Å². The van der Waals surface area contributed by atoms with E-state index in [9.17, 15) is 43.6 Å². The lowest BCUT2D eigenvalue weighted by molar-refractivity contribution is -0.170. The first-order valence-electron chi connectivity index (χ1n) is 26.0. The van der Waals surface area contributed by atoms with Crippen LogP contribution in [-0.2, 0) is 57.4 Å². The number of fused-ring (bicyclic) bond motifs is 10. The quantitative estimate of drug-likeness (QED) is 0.0915. The lowest BCUT2D eigenvalue weighted by Gasteiger charge is -2.29. The van der Waals surface area contributed by atoms with Gasteiger partial charge in [-0.25, -0.2) is 38.6 Å². The first kappa shape index (κ1) is 71.6. The molecule has 10 saturated heterocycles. The molecule has 3 N–H and O–H groups in total. The van der Waals surface area contributed by atoms with Gasteiger partial charge in [0.25, 0.3) is 0 Å². The van der Waals surface area contributed by atoms with E-state index in [0.717, 1.165) is 63.0 Å². The molecule has 0 aromatic rings. The van der Waals surface area contributed by atoms with Gasteiger partial charge in [0.05, 0.1) is 116 Å². The number of nitrogens with zero attached hydrogens (tertiary/aromatic N) is 10. The fourth-order valence-corrected chi connectivity index (χ4v) is 11.4. The second kappa shape index (κ2) is 35.6. The highest BCUT2D eigenvalue weighted by molar-refractivity contribution is 15.0. The van der Waals surface area contributed by atoms with Crippen LogP contribution >= 0.6 is 53.2 Å². The number of methoxy groups -OCH3 is 5. The fraction of sp³-hybridized carbons (Fsp3) is 0.833. The van der Waals surface area contributed by atoms with Crippen molar-refractivity contribution >= 4 is 101 Å². The Morgan fingerprint density at radius 3 is 1.20 bits per heavy atom. The number of aliphatic carboxylic acids is 1. The van der Waals surface area contributed by atoms with Gasteiger partial charge in [-0.15, -0.1) is 0 Å². The summed E-state index contributed by atoms with van der Waals surface area (Å²) in [6.07, 6.45) is 8.52. The number of carboxylic acid groups (broad SMARTS) is 1. The topological polar surface area (TPSA) is 313 Å². The van der Waals surface area contributed by atoms with Crippen LogP contribution < -0.4 is 0 Å². The van der Waals surface area contributed by atoms with Crippen molar-refractivity contribution in [1.29, 1.82) is 0 Å². The summed E-state index contributed by atoms with van der Waals surface area (Å²) in [6, 6.07) is -0.681. The van der Waals surface area contributed by atoms with Crippen LogP contribution in [0.5, 0.6) is 0 Å². The van der Waals surface area contributed by atoms with Crippen molar-refractivity contribution in [3.63, 3.8) is 0 Å². The van der Waals surface area contributed by atoms with Gasteiger partial charge < -0.3 is 58.4 Å². The molecule has 0 aromatic carbocycles. The highest BCUT2D eigenvalue weighted by atomic mass is 128. The number of carbonyl (C=O) groups is 8. The number of carboxylic acids is 1. The van der Waals surface area contributed by atoms with Crippen molar-refractivity contribution in [3.05, 3.63) is 0 Å². The van der Waals surface area contributed by atoms with Gasteiger partial charge in [-0.3, -0.25) is 29.4 Å². The molecule has 10 heterocycles. The Labute approximate surface area is 504 Å². The summed E-state index contributed by atoms with van der Waals surface area (Å²) >= 11 is 7.14. The van der Waals surface area contributed by atoms with E-state index in [1.165, 1.54) is 53.6 Å². The van der Waals surface area contributed by atoms with E-state index in [4.69, 9.17) is 43.8 Å². The molecule has 10 fully saturated rings. The van der Waals surface area contributed by atoms with Gasteiger partial charge in [0.1, 0.15) is 11.4 Å². The standard InChI is InChI=1S/C11H18N2O5.C9H16N2O3.C8H12N2O4.2C8H14N2O3.C3H5BrO2.CH4.I2/c1-16-6-9-4-3-8-5-12(9)11(15)13(8)18-7-10(14)17-2;1-13-6-8-4-3-7-5-10(8)9(12)11(7)14-2;1-14-10-5-2-3-6(7(11)12)9(4-5)8(10)13;1-13-5-7-3-2-6-4-9(7)8(11)10(6)12;1-13-10-6-2-3-7(5-11)9(4-6)8(10)12;1-6-3(5)2-4;;1-2/h8-9H,3-7H2,1-2H3;7-8H,3-6H2,1-2H3;5-6H,2-4H2,1H3,(H,11,12);6-7,12H,2-5H2,1H3;6-7,11H,2-5H2,1H3;2H2,1H3;1H4;. The lowest BCUT2D eigenvalue weighted by atomic mass is 10.0. The summed E-state index contributed by atoms with van der Waals surface area (Å²) in [5.41, 5.74) is 0. The highest BCUT2D eigenvalue weighted by Crippen LogP contribution is 2.33. The lowest BCUT2D eigenvalue weighted by Crippen LogP contribution is -2.44. The predicted molar refractivity (Wildman–Crippen MR) is 305 cm³/mol. The van der Waals surface area contributed by atoms with Crippen molar-refractivity contribution in [3.8, 4) is 0 Å². The summed E-state index contributed by atoms with van der Waals surface area (Å²) < 4.78 is 23.9. The molecule has 10 amide bonds. The van der Waals surface area contributed by atoms with E-state index >= 15 is 0 Å². The average molecular weight is 1450 g/mol. The number of hydroxylamine groups is 10. The zero-order valence-corrected chi connectivity index (χ0v) is 52.4. The minimum absolute atomic E-state index is 0. The summed E-state index contributed by atoms with van der Waals surface area (Å²) in [5.74, 6) is -1.67. The minimum Gasteiger partial charge on any atom is -0.480 e. The molecular formula is C48H83BrI2N10O20. The van der Waals surface area contributed by atoms with Crippen LogP contribution in [0, 0.1) is 0 Å². The van der Waals surface area contributed by atoms with E-state index < -0.39 is 18.0 Å². The Balaban J connectivity index is 0.000000257. The van der Waals surface area contributed by atoms with Gasteiger partial charge in [0.15, 0.2) is 6.61 Å². The molecule has 10 rings (SSSR count). The first-order chi connectivity index (χ1) is 38.4. The fourth-order valence-electron chi connectivity index (χ4n) is 11.1. The number of urea groups is 5. The molecule has 0 aliphatic carbocycles. The van der Waals surface area contributed by atoms with E-state index in [2.05, 4.69) is 62.6 Å². The minimum atomic E-state index is -0.935. The maximum absolute atomic E-state index is 12.1. The van der Waals surface area contributed by atoms with E-state index in [0.29, 0.717) is 58.8 Å². The second-order valence-electron chi connectivity index (χ2n) is 19.6. The highest BCUT2D eigenvalue weighted by Gasteiger charge is 2.50. The predicted octanol–water partition coefficient (Wildman–Crippen LogP) is 3.43. The van der Waals surface area contributed by atoms with Crippen molar-refractivity contribution in [2.24, 2.45) is 0 Å². The van der Waals surface area contributed by atoms with Crippen molar-refractivity contribution in [1.82, 2.24) is 49.8 Å². The number of ether oxygens (including phenoxy) is 5. The van der Waals surface area contributed by atoms with Crippen LogP contribution in [0.4, 0.5) is 24.0 Å². The van der Waals surface area contributed by atoms with E-state index in [1.54, 1.807) is 43.1 Å². The third-order valence-electron chi connectivity index (χ3n) is 15.2. The number of hydrogen-bond donors (Lipinski definition) is 3. The van der Waals surface area contributed by atoms with Crippen LogP contribution in [0.2, 0.25) is 0 Å². The van der Waals surface area contributed by atoms with Gasteiger partial charge in [-0.1, -0.05) is 23.4 Å². The Bertz CT molecular complexity index is 2050. The molecule has 0 saturated carbocycles. The Morgan fingerprint density at radius 2 is 0.827 bits per heavy atom. The van der Waals surface area contributed by atoms with Gasteiger partial charge in [0.2, 0.25) is 0 Å². The molecule has 33 heteroatoms. The third-order valence-corrected chi connectivity index (χ3v) is 15.6. The molecule has 10 aliphatic heterocycles. The Morgan fingerprint density at radius 1 is 0.494 bits per heavy atom. The summed E-state index contributed by atoms with van der Waals surface area (Å²) in [5, 5.41) is 33.9. The van der Waals surface area contributed by atoms with Gasteiger partial charge in [-0.2, -0.15) is 20.3 Å². The molecule has 81 heavy (non-hydrogen) atoms. The normalized spacial score (nSPS) is 27.9. The molecule has 10 aliphatic rings. The smallest absolute Gasteiger partial charge is 0.345 e. The van der Waals surface area contributed by atoms with Crippen LogP contribution in [0.3, 0.4) is 0 Å².